The fraction of sp³-hybridized carbons (Fsp3) is 0.692. The van der Waals surface area contributed by atoms with E-state index in [9.17, 15) is 15.0 Å². The molecule has 2 aliphatic heterocycles. The number of aromatic nitrogens is 2. The molecule has 59 heavy (non-hydrogen) atoms. The third kappa shape index (κ3) is 5.67. The van der Waals surface area contributed by atoms with E-state index in [2.05, 4.69) is 88.6 Å². The van der Waals surface area contributed by atoms with Gasteiger partial charge in [0.15, 0.2) is 5.78 Å². The highest BCUT2D eigenvalue weighted by Crippen LogP contribution is 2.75. The average molecular weight is 803 g/mol. The lowest BCUT2D eigenvalue weighted by molar-refractivity contribution is -0.220. The van der Waals surface area contributed by atoms with Crippen LogP contribution in [-0.4, -0.2) is 55.2 Å². The SMILES string of the molecule is Cc1cc(Cc2cn3c4c(c[nH]c24)CCC(C)(CC(O)C2OC2(C)C)C2=C4C(C3)C(O)C3C5(C)CCC(=O)C(C)(C)C5CCC3(C)C4(C)CC2=O)cc(C2CCCC2)c1. The minimum absolute atomic E-state index is 0.0787. The van der Waals surface area contributed by atoms with Gasteiger partial charge in [0, 0.05) is 60.5 Å². The molecular formula is C52H70N2O5. The highest BCUT2D eigenvalue weighted by Gasteiger charge is 2.72. The molecule has 7 heteroatoms. The van der Waals surface area contributed by atoms with Crippen LogP contribution in [0.5, 0.6) is 0 Å². The molecule has 3 aromatic rings. The maximum atomic E-state index is 15.2. The lowest BCUT2D eigenvalue weighted by atomic mass is 9.34. The molecule has 7 aliphatic rings. The van der Waals surface area contributed by atoms with Crippen molar-refractivity contribution in [2.45, 2.75) is 182 Å². The highest BCUT2D eigenvalue weighted by molar-refractivity contribution is 6.02. The van der Waals surface area contributed by atoms with Gasteiger partial charge in [-0.2, -0.15) is 0 Å². The smallest absolute Gasteiger partial charge is 0.160 e. The largest absolute Gasteiger partial charge is 0.392 e. The van der Waals surface area contributed by atoms with Gasteiger partial charge >= 0.3 is 0 Å². The summed E-state index contributed by atoms with van der Waals surface area (Å²) in [5.41, 5.74) is 8.56. The lowest BCUT2D eigenvalue weighted by Crippen LogP contribution is -2.67. The lowest BCUT2D eigenvalue weighted by Gasteiger charge is -2.70. The molecule has 0 amide bonds. The van der Waals surface area contributed by atoms with E-state index in [0.717, 1.165) is 43.3 Å². The van der Waals surface area contributed by atoms with E-state index >= 15 is 4.79 Å². The van der Waals surface area contributed by atoms with Crippen molar-refractivity contribution in [3.63, 3.8) is 0 Å². The number of hydrogen-bond donors (Lipinski definition) is 3. The summed E-state index contributed by atoms with van der Waals surface area (Å²) in [6.07, 6.45) is 14.4. The Morgan fingerprint density at radius 1 is 0.949 bits per heavy atom. The van der Waals surface area contributed by atoms with Gasteiger partial charge in [-0.25, -0.2) is 0 Å². The predicted molar refractivity (Wildman–Crippen MR) is 232 cm³/mol. The normalized spacial score (nSPS) is 39.3. The Balaban J connectivity index is 1.14. The van der Waals surface area contributed by atoms with Crippen molar-refractivity contribution in [2.24, 2.45) is 44.8 Å². The Hall–Kier alpha value is -3.00. The number of Topliss-reactive ketones (excluding diaryl/α,β-unsaturated/α-hetero) is 2. The Labute approximate surface area is 352 Å². The van der Waals surface area contributed by atoms with Crippen LogP contribution in [0.25, 0.3) is 11.0 Å². The van der Waals surface area contributed by atoms with E-state index in [1.165, 1.54) is 64.5 Å². The van der Waals surface area contributed by atoms with Crippen LogP contribution in [0.3, 0.4) is 0 Å². The number of ether oxygens (including phenoxy) is 1. The van der Waals surface area contributed by atoms with Crippen LogP contribution in [0.15, 0.2) is 41.7 Å². The molecule has 0 bridgehead atoms. The van der Waals surface area contributed by atoms with Gasteiger partial charge in [-0.3, -0.25) is 9.59 Å². The number of carbonyl (C=O) groups is 2. The molecule has 7 nitrogen and oxygen atoms in total. The second-order valence-corrected chi connectivity index (χ2v) is 23.2. The number of ketones is 2. The first kappa shape index (κ1) is 40.1. The zero-order valence-electron chi connectivity index (χ0n) is 37.4. The number of rotatable bonds is 6. The predicted octanol–water partition coefficient (Wildman–Crippen LogP) is 10.1. The van der Waals surface area contributed by atoms with Crippen LogP contribution in [0.2, 0.25) is 0 Å². The number of aliphatic hydroxyl groups is 2. The van der Waals surface area contributed by atoms with Crippen LogP contribution in [-0.2, 0) is 33.7 Å². The Kier molecular flexibility index (Phi) is 8.85. The molecule has 1 saturated heterocycles. The first-order chi connectivity index (χ1) is 27.7. The van der Waals surface area contributed by atoms with E-state index in [1.807, 2.05) is 13.8 Å². The number of aromatic amines is 1. The van der Waals surface area contributed by atoms with Gasteiger partial charge in [-0.05, 0) is 134 Å². The molecule has 2 aromatic heterocycles. The first-order valence-electron chi connectivity index (χ1n) is 23.4. The molecule has 318 valence electrons. The number of aliphatic hydroxyl groups excluding tert-OH is 2. The van der Waals surface area contributed by atoms with E-state index in [4.69, 9.17) is 4.74 Å². The van der Waals surface area contributed by atoms with Crippen molar-refractivity contribution in [2.75, 3.05) is 0 Å². The summed E-state index contributed by atoms with van der Waals surface area (Å²) >= 11 is 0. The first-order valence-corrected chi connectivity index (χ1v) is 23.4. The quantitative estimate of drug-likeness (QED) is 0.215. The van der Waals surface area contributed by atoms with Crippen molar-refractivity contribution in [3.05, 3.63) is 69.6 Å². The molecule has 10 atom stereocenters. The zero-order chi connectivity index (χ0) is 41.8. The molecule has 4 heterocycles. The highest BCUT2D eigenvalue weighted by atomic mass is 16.6. The summed E-state index contributed by atoms with van der Waals surface area (Å²) in [6.45, 7) is 20.6. The number of carbonyl (C=O) groups excluding carboxylic acids is 2. The summed E-state index contributed by atoms with van der Waals surface area (Å²) in [7, 11) is 0. The summed E-state index contributed by atoms with van der Waals surface area (Å²) in [4.78, 5) is 32.5. The van der Waals surface area contributed by atoms with Crippen molar-refractivity contribution >= 4 is 22.6 Å². The van der Waals surface area contributed by atoms with Gasteiger partial charge in [0.1, 0.15) is 11.9 Å². The number of nitrogens with one attached hydrogen (secondary N) is 1. The van der Waals surface area contributed by atoms with Crippen LogP contribution in [0, 0.1) is 51.8 Å². The summed E-state index contributed by atoms with van der Waals surface area (Å²) in [6, 6.07) is 7.22. The summed E-state index contributed by atoms with van der Waals surface area (Å²) < 4.78 is 8.48. The van der Waals surface area contributed by atoms with Crippen LogP contribution >= 0.6 is 0 Å². The van der Waals surface area contributed by atoms with Crippen molar-refractivity contribution < 1.29 is 24.5 Å². The molecular weight excluding hydrogens is 733 g/mol. The Morgan fingerprint density at radius 3 is 2.39 bits per heavy atom. The summed E-state index contributed by atoms with van der Waals surface area (Å²) in [5, 5.41) is 25.4. The van der Waals surface area contributed by atoms with Gasteiger partial charge in [0.25, 0.3) is 0 Å². The molecule has 3 N–H and O–H groups in total. The molecule has 10 rings (SSSR count). The average Bonchev–Trinajstić information content (AvgIpc) is 3.69. The van der Waals surface area contributed by atoms with Crippen molar-refractivity contribution in [1.82, 2.24) is 9.55 Å². The number of H-pyrrole nitrogens is 1. The monoisotopic (exact) mass is 803 g/mol. The summed E-state index contributed by atoms with van der Waals surface area (Å²) in [5.74, 6) is 0.996. The zero-order valence-corrected chi connectivity index (χ0v) is 37.4. The van der Waals surface area contributed by atoms with Gasteiger partial charge in [-0.1, -0.05) is 78.1 Å². The van der Waals surface area contributed by atoms with Gasteiger partial charge in [0.05, 0.1) is 28.8 Å². The van der Waals surface area contributed by atoms with E-state index in [0.29, 0.717) is 43.9 Å². The molecule has 0 radical (unpaired) electrons. The van der Waals surface area contributed by atoms with Crippen LogP contribution < -0.4 is 0 Å². The maximum Gasteiger partial charge on any atom is 0.160 e. The van der Waals surface area contributed by atoms with E-state index < -0.39 is 28.5 Å². The number of benzene rings is 1. The van der Waals surface area contributed by atoms with Crippen molar-refractivity contribution in [1.29, 1.82) is 0 Å². The molecule has 10 unspecified atom stereocenters. The number of aryl methyl sites for hydroxylation is 2. The van der Waals surface area contributed by atoms with Gasteiger partial charge in [-0.15, -0.1) is 0 Å². The fourth-order valence-corrected chi connectivity index (χ4v) is 15.9. The third-order valence-corrected chi connectivity index (χ3v) is 18.9. The molecule has 0 spiro atoms. The standard InChI is InChI=1S/C52H70N2O5/c1-29-20-30(22-33(21-29)31-12-10-11-13-31)23-34-27-54-28-35-40-41(49(6,24-37(56)46-48(4,5)59-46)17-14-32-26-53-42(34)43(32)54)36(55)25-52(40,9)51(8)19-15-38-47(2,3)39(57)16-18-50(38,7)45(51)44(35)58/h20-22,26-27,31,35,37-38,44-46,53,56,58H,10-19,23-25,28H2,1-9H3. The minimum atomic E-state index is -0.706. The number of allylic oxidation sites excluding steroid dienone is 1. The van der Waals surface area contributed by atoms with Gasteiger partial charge in [0.2, 0.25) is 0 Å². The Bertz CT molecular complexity index is 2280. The number of fused-ring (bicyclic) bond motifs is 4. The maximum absolute atomic E-state index is 15.2. The second-order valence-electron chi connectivity index (χ2n) is 23.2. The minimum Gasteiger partial charge on any atom is -0.392 e. The van der Waals surface area contributed by atoms with Gasteiger partial charge < -0.3 is 24.5 Å². The Morgan fingerprint density at radius 2 is 1.68 bits per heavy atom. The van der Waals surface area contributed by atoms with E-state index in [1.54, 1.807) is 0 Å². The molecule has 5 fully saturated rings. The number of epoxide rings is 1. The van der Waals surface area contributed by atoms with Crippen LogP contribution in [0.1, 0.15) is 160 Å². The van der Waals surface area contributed by atoms with Crippen molar-refractivity contribution in [3.8, 4) is 0 Å². The van der Waals surface area contributed by atoms with E-state index in [-0.39, 0.29) is 46.1 Å². The number of nitrogens with zero attached hydrogens (tertiary/aromatic N) is 1. The molecule has 5 aliphatic carbocycles. The second kappa shape index (κ2) is 13.0. The number of hydrogen-bond acceptors (Lipinski definition) is 5. The topological polar surface area (TPSA) is 108 Å². The fourth-order valence-electron chi connectivity index (χ4n) is 15.9. The molecule has 4 saturated carbocycles. The third-order valence-electron chi connectivity index (χ3n) is 18.9. The molecule has 1 aromatic carbocycles. The van der Waals surface area contributed by atoms with Crippen LogP contribution in [0.4, 0.5) is 0 Å².